The molecule has 0 aliphatic rings. The summed E-state index contributed by atoms with van der Waals surface area (Å²) < 4.78 is 0. The van der Waals surface area contributed by atoms with Crippen molar-refractivity contribution in [3.63, 3.8) is 0 Å². The van der Waals surface area contributed by atoms with E-state index in [4.69, 9.17) is 5.73 Å². The Morgan fingerprint density at radius 3 is 2.61 bits per heavy atom. The van der Waals surface area contributed by atoms with Crippen LogP contribution in [0.15, 0.2) is 30.5 Å². The van der Waals surface area contributed by atoms with Gasteiger partial charge in [-0.05, 0) is 17.4 Å². The fourth-order valence-electron chi connectivity index (χ4n) is 2.20. The van der Waals surface area contributed by atoms with E-state index >= 15 is 0 Å². The van der Waals surface area contributed by atoms with Gasteiger partial charge in [0.1, 0.15) is 5.82 Å². The van der Waals surface area contributed by atoms with Crippen LogP contribution < -0.4 is 10.6 Å². The molecule has 2 N–H and O–H groups in total. The second-order valence-electron chi connectivity index (χ2n) is 4.63. The molecule has 2 aromatic rings. The van der Waals surface area contributed by atoms with Crippen molar-refractivity contribution in [3.05, 3.63) is 36.0 Å². The number of unbranched alkanes of at least 4 members (excludes halogenated alkanes) is 1. The van der Waals surface area contributed by atoms with Gasteiger partial charge in [0.2, 0.25) is 0 Å². The summed E-state index contributed by atoms with van der Waals surface area (Å²) in [6, 6.07) is 8.36. The Hall–Kier alpha value is -1.61. The van der Waals surface area contributed by atoms with E-state index in [2.05, 4.69) is 48.1 Å². The number of nitrogens with two attached hydrogens (primary N) is 1. The Morgan fingerprint density at radius 1 is 1.22 bits per heavy atom. The van der Waals surface area contributed by atoms with Crippen LogP contribution >= 0.6 is 0 Å². The Morgan fingerprint density at radius 2 is 1.94 bits per heavy atom. The third-order valence-electron chi connectivity index (χ3n) is 3.29. The molecule has 0 aliphatic heterocycles. The molecule has 0 aliphatic carbocycles. The van der Waals surface area contributed by atoms with Crippen molar-refractivity contribution in [2.24, 2.45) is 5.73 Å². The van der Waals surface area contributed by atoms with Gasteiger partial charge in [-0.25, -0.2) is 4.98 Å². The van der Waals surface area contributed by atoms with Crippen LogP contribution in [0.4, 0.5) is 5.82 Å². The molecule has 1 heterocycles. The number of anilines is 1. The molecule has 0 saturated carbocycles. The highest BCUT2D eigenvalue weighted by Gasteiger charge is 2.09. The molecule has 0 radical (unpaired) electrons. The van der Waals surface area contributed by atoms with Crippen molar-refractivity contribution in [2.75, 3.05) is 18.5 Å². The van der Waals surface area contributed by atoms with Crippen LogP contribution in [-0.4, -0.2) is 18.6 Å². The standard InChI is InChI=1S/C15H21N3/c1-3-4-9-18(2)15-14-8-6-5-7-13(14)12(10-16)11-17-15/h5-8,11H,3-4,9-10,16H2,1-2H3. The van der Waals surface area contributed by atoms with Crippen molar-refractivity contribution in [2.45, 2.75) is 26.3 Å². The van der Waals surface area contributed by atoms with Crippen LogP contribution in [0, 0.1) is 0 Å². The molecule has 0 atom stereocenters. The second-order valence-corrected chi connectivity index (χ2v) is 4.63. The predicted octanol–water partition coefficient (Wildman–Crippen LogP) is 2.93. The predicted molar refractivity (Wildman–Crippen MR) is 77.8 cm³/mol. The number of pyridine rings is 1. The minimum absolute atomic E-state index is 0.534. The molecule has 1 aromatic heterocycles. The molecule has 0 unspecified atom stereocenters. The Bertz CT molecular complexity index is 522. The molecule has 0 spiro atoms. The second kappa shape index (κ2) is 5.83. The third kappa shape index (κ3) is 2.46. The van der Waals surface area contributed by atoms with Gasteiger partial charge >= 0.3 is 0 Å². The monoisotopic (exact) mass is 243 g/mol. The first-order valence-electron chi connectivity index (χ1n) is 6.55. The van der Waals surface area contributed by atoms with Gasteiger partial charge in [-0.1, -0.05) is 37.6 Å². The van der Waals surface area contributed by atoms with E-state index in [9.17, 15) is 0 Å². The Kier molecular flexibility index (Phi) is 4.15. The maximum Gasteiger partial charge on any atom is 0.136 e. The van der Waals surface area contributed by atoms with Crippen LogP contribution in [0.2, 0.25) is 0 Å². The largest absolute Gasteiger partial charge is 0.359 e. The molecule has 2 rings (SSSR count). The van der Waals surface area contributed by atoms with E-state index in [0.717, 1.165) is 17.9 Å². The number of nitrogens with zero attached hydrogens (tertiary/aromatic N) is 2. The van der Waals surface area contributed by atoms with Crippen molar-refractivity contribution in [1.82, 2.24) is 4.98 Å². The van der Waals surface area contributed by atoms with Gasteiger partial charge in [-0.15, -0.1) is 0 Å². The highest BCUT2D eigenvalue weighted by atomic mass is 15.2. The Labute approximate surface area is 109 Å². The third-order valence-corrected chi connectivity index (χ3v) is 3.29. The molecule has 0 bridgehead atoms. The fourth-order valence-corrected chi connectivity index (χ4v) is 2.20. The maximum atomic E-state index is 5.77. The van der Waals surface area contributed by atoms with Gasteiger partial charge in [0, 0.05) is 31.7 Å². The molecule has 18 heavy (non-hydrogen) atoms. The van der Waals surface area contributed by atoms with Crippen LogP contribution in [-0.2, 0) is 6.54 Å². The Balaban J connectivity index is 2.45. The number of rotatable bonds is 5. The lowest BCUT2D eigenvalue weighted by molar-refractivity contribution is 0.761. The van der Waals surface area contributed by atoms with E-state index in [1.165, 1.54) is 23.6 Å². The summed E-state index contributed by atoms with van der Waals surface area (Å²) in [7, 11) is 2.10. The van der Waals surface area contributed by atoms with Gasteiger partial charge in [-0.2, -0.15) is 0 Å². The number of fused-ring (bicyclic) bond motifs is 1. The summed E-state index contributed by atoms with van der Waals surface area (Å²) in [5.41, 5.74) is 6.88. The fraction of sp³-hybridized carbons (Fsp3) is 0.400. The molecule has 3 nitrogen and oxygen atoms in total. The first kappa shape index (κ1) is 12.8. The summed E-state index contributed by atoms with van der Waals surface area (Å²) in [5.74, 6) is 1.05. The van der Waals surface area contributed by atoms with Gasteiger partial charge < -0.3 is 10.6 Å². The average Bonchev–Trinajstić information content (AvgIpc) is 2.43. The molecule has 1 aromatic carbocycles. The van der Waals surface area contributed by atoms with Crippen molar-refractivity contribution in [1.29, 1.82) is 0 Å². The lowest BCUT2D eigenvalue weighted by Crippen LogP contribution is -2.20. The molecule has 0 fully saturated rings. The normalized spacial score (nSPS) is 10.8. The first-order valence-corrected chi connectivity index (χ1v) is 6.55. The number of aromatic nitrogens is 1. The number of hydrogen-bond acceptors (Lipinski definition) is 3. The smallest absolute Gasteiger partial charge is 0.136 e. The van der Waals surface area contributed by atoms with Gasteiger partial charge in [0.05, 0.1) is 0 Å². The summed E-state index contributed by atoms with van der Waals surface area (Å²) in [4.78, 5) is 6.80. The lowest BCUT2D eigenvalue weighted by Gasteiger charge is -2.20. The van der Waals surface area contributed by atoms with Gasteiger partial charge in [-0.3, -0.25) is 0 Å². The number of hydrogen-bond donors (Lipinski definition) is 1. The zero-order valence-electron chi connectivity index (χ0n) is 11.2. The summed E-state index contributed by atoms with van der Waals surface area (Å²) in [6.07, 6.45) is 4.29. The van der Waals surface area contributed by atoms with Crippen LogP contribution in [0.3, 0.4) is 0 Å². The summed E-state index contributed by atoms with van der Waals surface area (Å²) in [6.45, 7) is 3.78. The van der Waals surface area contributed by atoms with E-state index in [1.807, 2.05) is 6.20 Å². The van der Waals surface area contributed by atoms with Crippen LogP contribution in [0.25, 0.3) is 10.8 Å². The average molecular weight is 243 g/mol. The van der Waals surface area contributed by atoms with Crippen molar-refractivity contribution >= 4 is 16.6 Å². The van der Waals surface area contributed by atoms with Crippen LogP contribution in [0.5, 0.6) is 0 Å². The maximum absolute atomic E-state index is 5.77. The van der Waals surface area contributed by atoms with E-state index < -0.39 is 0 Å². The quantitative estimate of drug-likeness (QED) is 0.878. The molecule has 96 valence electrons. The topological polar surface area (TPSA) is 42.2 Å². The molecular weight excluding hydrogens is 222 g/mol. The zero-order chi connectivity index (χ0) is 13.0. The van der Waals surface area contributed by atoms with Crippen molar-refractivity contribution < 1.29 is 0 Å². The lowest BCUT2D eigenvalue weighted by atomic mass is 10.1. The van der Waals surface area contributed by atoms with Crippen molar-refractivity contribution in [3.8, 4) is 0 Å². The summed E-state index contributed by atoms with van der Waals surface area (Å²) in [5, 5.41) is 2.41. The SMILES string of the molecule is CCCCN(C)c1ncc(CN)c2ccccc12. The zero-order valence-corrected chi connectivity index (χ0v) is 11.2. The van der Waals surface area contributed by atoms with Crippen LogP contribution in [0.1, 0.15) is 25.3 Å². The minimum atomic E-state index is 0.534. The van der Waals surface area contributed by atoms with Gasteiger partial charge in [0.15, 0.2) is 0 Å². The molecule has 0 amide bonds. The first-order chi connectivity index (χ1) is 8.77. The molecule has 0 saturated heterocycles. The van der Waals surface area contributed by atoms with E-state index in [-0.39, 0.29) is 0 Å². The van der Waals surface area contributed by atoms with E-state index in [0.29, 0.717) is 6.54 Å². The molecular formula is C15H21N3. The molecule has 3 heteroatoms. The van der Waals surface area contributed by atoms with Gasteiger partial charge in [0.25, 0.3) is 0 Å². The summed E-state index contributed by atoms with van der Waals surface area (Å²) >= 11 is 0. The number of benzene rings is 1. The van der Waals surface area contributed by atoms with E-state index in [1.54, 1.807) is 0 Å². The highest BCUT2D eigenvalue weighted by molar-refractivity contribution is 5.94. The highest BCUT2D eigenvalue weighted by Crippen LogP contribution is 2.26. The minimum Gasteiger partial charge on any atom is -0.359 e.